The van der Waals surface area contributed by atoms with Gasteiger partial charge in [0.05, 0.1) is 11.4 Å². The number of nitrogens with zero attached hydrogens (tertiary/aromatic N) is 2. The number of hydrogen-bond donors (Lipinski definition) is 2. The van der Waals surface area contributed by atoms with Gasteiger partial charge in [-0.3, -0.25) is 9.59 Å². The standard InChI is InChI=1S/C20H17ClN4O2/c1-13(11-19(26)23-18-10-9-15(21)12-22-18)24-25-20(27)17-8-4-6-14-5-2-3-7-16(14)17/h2-10,12H,11H2,1H3,(H,25,27)(H,22,23,26)/b24-13+. The summed E-state index contributed by atoms with van der Waals surface area (Å²) in [5.41, 5.74) is 3.50. The maximum absolute atomic E-state index is 12.4. The molecule has 0 radical (unpaired) electrons. The van der Waals surface area contributed by atoms with Crippen molar-refractivity contribution >= 4 is 45.7 Å². The second-order valence-electron chi connectivity index (χ2n) is 5.90. The Kier molecular flexibility index (Phi) is 5.78. The summed E-state index contributed by atoms with van der Waals surface area (Å²) in [5, 5.41) is 8.96. The molecule has 2 aromatic carbocycles. The summed E-state index contributed by atoms with van der Waals surface area (Å²) in [5.74, 6) is -0.214. The Labute approximate surface area is 161 Å². The maximum atomic E-state index is 12.4. The molecule has 0 fully saturated rings. The Balaban J connectivity index is 1.61. The number of fused-ring (bicyclic) bond motifs is 1. The number of amides is 2. The van der Waals surface area contributed by atoms with Gasteiger partial charge in [0.25, 0.3) is 5.91 Å². The normalized spacial score (nSPS) is 11.3. The number of carbonyl (C=O) groups is 2. The minimum atomic E-state index is -0.328. The van der Waals surface area contributed by atoms with Crippen molar-refractivity contribution < 1.29 is 9.59 Å². The van der Waals surface area contributed by atoms with Gasteiger partial charge in [-0.1, -0.05) is 48.0 Å². The third-order valence-electron chi connectivity index (χ3n) is 3.79. The first kappa shape index (κ1) is 18.5. The van der Waals surface area contributed by atoms with E-state index in [4.69, 9.17) is 11.6 Å². The van der Waals surface area contributed by atoms with Gasteiger partial charge in [0.15, 0.2) is 0 Å². The van der Waals surface area contributed by atoms with Crippen molar-refractivity contribution in [1.82, 2.24) is 10.4 Å². The number of pyridine rings is 1. The Morgan fingerprint density at radius 2 is 1.85 bits per heavy atom. The summed E-state index contributed by atoms with van der Waals surface area (Å²) < 4.78 is 0. The summed E-state index contributed by atoms with van der Waals surface area (Å²) in [6.45, 7) is 1.66. The summed E-state index contributed by atoms with van der Waals surface area (Å²) in [4.78, 5) is 28.4. The van der Waals surface area contributed by atoms with E-state index < -0.39 is 0 Å². The highest BCUT2D eigenvalue weighted by Gasteiger charge is 2.10. The van der Waals surface area contributed by atoms with Crippen molar-refractivity contribution in [1.29, 1.82) is 0 Å². The van der Waals surface area contributed by atoms with E-state index in [9.17, 15) is 9.59 Å². The first-order valence-corrected chi connectivity index (χ1v) is 8.63. The van der Waals surface area contributed by atoms with E-state index in [-0.39, 0.29) is 18.2 Å². The van der Waals surface area contributed by atoms with Gasteiger partial charge in [-0.2, -0.15) is 5.10 Å². The first-order chi connectivity index (χ1) is 13.0. The SMILES string of the molecule is C/C(CC(=O)Nc1ccc(Cl)cn1)=N\NC(=O)c1cccc2ccccc12. The van der Waals surface area contributed by atoms with Gasteiger partial charge in [-0.15, -0.1) is 0 Å². The molecule has 0 bridgehead atoms. The molecule has 2 amide bonds. The molecule has 0 aliphatic carbocycles. The van der Waals surface area contributed by atoms with Crippen molar-refractivity contribution in [3.05, 3.63) is 71.4 Å². The molecule has 136 valence electrons. The van der Waals surface area contributed by atoms with Crippen LogP contribution in [0.15, 0.2) is 65.9 Å². The molecule has 0 saturated carbocycles. The summed E-state index contributed by atoms with van der Waals surface area (Å²) in [6.07, 6.45) is 1.47. The van der Waals surface area contributed by atoms with Gasteiger partial charge in [0, 0.05) is 17.5 Å². The van der Waals surface area contributed by atoms with Crippen LogP contribution < -0.4 is 10.7 Å². The fourth-order valence-corrected chi connectivity index (χ4v) is 2.65. The maximum Gasteiger partial charge on any atom is 0.271 e. The van der Waals surface area contributed by atoms with E-state index in [1.165, 1.54) is 6.20 Å². The predicted molar refractivity (Wildman–Crippen MR) is 107 cm³/mol. The summed E-state index contributed by atoms with van der Waals surface area (Å²) >= 11 is 5.76. The molecule has 6 nitrogen and oxygen atoms in total. The molecule has 1 heterocycles. The van der Waals surface area contributed by atoms with Crippen LogP contribution in [0.4, 0.5) is 5.82 Å². The minimum absolute atomic E-state index is 0.0279. The predicted octanol–water partition coefficient (Wildman–Crippen LogP) is 4.02. The van der Waals surface area contributed by atoms with E-state index in [1.807, 2.05) is 36.4 Å². The second-order valence-corrected chi connectivity index (χ2v) is 6.34. The highest BCUT2D eigenvalue weighted by Crippen LogP contribution is 2.18. The third-order valence-corrected chi connectivity index (χ3v) is 4.02. The Hall–Kier alpha value is -3.25. The van der Waals surface area contributed by atoms with E-state index in [0.717, 1.165) is 10.8 Å². The number of halogens is 1. The fraction of sp³-hybridized carbons (Fsp3) is 0.100. The van der Waals surface area contributed by atoms with Gasteiger partial charge in [-0.25, -0.2) is 10.4 Å². The molecule has 1 aromatic heterocycles. The number of nitrogens with one attached hydrogen (secondary N) is 2. The van der Waals surface area contributed by atoms with Crippen LogP contribution in [0.2, 0.25) is 5.02 Å². The third kappa shape index (κ3) is 4.89. The van der Waals surface area contributed by atoms with E-state index in [1.54, 1.807) is 25.1 Å². The Bertz CT molecular complexity index is 1010. The van der Waals surface area contributed by atoms with Crippen LogP contribution in [0.25, 0.3) is 10.8 Å². The molecule has 0 atom stereocenters. The zero-order valence-electron chi connectivity index (χ0n) is 14.6. The van der Waals surface area contributed by atoms with Crippen molar-refractivity contribution in [2.75, 3.05) is 5.32 Å². The largest absolute Gasteiger partial charge is 0.310 e. The topological polar surface area (TPSA) is 83.4 Å². The van der Waals surface area contributed by atoms with Crippen molar-refractivity contribution in [3.8, 4) is 0 Å². The van der Waals surface area contributed by atoms with Crippen LogP contribution in [0, 0.1) is 0 Å². The molecule has 0 unspecified atom stereocenters. The molecular weight excluding hydrogens is 364 g/mol. The molecule has 0 aliphatic rings. The number of anilines is 1. The highest BCUT2D eigenvalue weighted by molar-refractivity contribution is 6.30. The van der Waals surface area contributed by atoms with Crippen molar-refractivity contribution in [2.24, 2.45) is 5.10 Å². The average Bonchev–Trinajstić information content (AvgIpc) is 2.67. The quantitative estimate of drug-likeness (QED) is 0.518. The Morgan fingerprint density at radius 3 is 2.63 bits per heavy atom. The van der Waals surface area contributed by atoms with Crippen LogP contribution >= 0.6 is 11.6 Å². The zero-order valence-corrected chi connectivity index (χ0v) is 15.3. The molecule has 3 aromatic rings. The van der Waals surface area contributed by atoms with Gasteiger partial charge in [0.2, 0.25) is 5.91 Å². The average molecular weight is 381 g/mol. The lowest BCUT2D eigenvalue weighted by Crippen LogP contribution is -2.21. The molecule has 27 heavy (non-hydrogen) atoms. The van der Waals surface area contributed by atoms with Crippen LogP contribution in [0.5, 0.6) is 0 Å². The summed E-state index contributed by atoms with van der Waals surface area (Å²) in [7, 11) is 0. The van der Waals surface area contributed by atoms with Gasteiger partial charge in [0.1, 0.15) is 5.82 Å². The lowest BCUT2D eigenvalue weighted by atomic mass is 10.0. The molecular formula is C20H17ClN4O2. The number of hydrogen-bond acceptors (Lipinski definition) is 4. The molecule has 7 heteroatoms. The van der Waals surface area contributed by atoms with Gasteiger partial charge >= 0.3 is 0 Å². The zero-order chi connectivity index (χ0) is 19.2. The number of aromatic nitrogens is 1. The summed E-state index contributed by atoms with van der Waals surface area (Å²) in [6, 6.07) is 16.4. The first-order valence-electron chi connectivity index (χ1n) is 8.25. The van der Waals surface area contributed by atoms with Crippen molar-refractivity contribution in [3.63, 3.8) is 0 Å². The number of benzene rings is 2. The van der Waals surface area contributed by atoms with E-state index in [0.29, 0.717) is 22.1 Å². The monoisotopic (exact) mass is 380 g/mol. The fourth-order valence-electron chi connectivity index (χ4n) is 2.54. The van der Waals surface area contributed by atoms with Crippen LogP contribution in [0.3, 0.4) is 0 Å². The van der Waals surface area contributed by atoms with Crippen LogP contribution in [0.1, 0.15) is 23.7 Å². The highest BCUT2D eigenvalue weighted by atomic mass is 35.5. The van der Waals surface area contributed by atoms with Gasteiger partial charge in [-0.05, 0) is 35.9 Å². The lowest BCUT2D eigenvalue weighted by Gasteiger charge is -2.07. The number of rotatable bonds is 5. The van der Waals surface area contributed by atoms with Crippen molar-refractivity contribution in [2.45, 2.75) is 13.3 Å². The van der Waals surface area contributed by atoms with E-state index in [2.05, 4.69) is 20.8 Å². The number of carbonyl (C=O) groups excluding carboxylic acids is 2. The van der Waals surface area contributed by atoms with Crippen LogP contribution in [-0.2, 0) is 4.79 Å². The lowest BCUT2D eigenvalue weighted by molar-refractivity contribution is -0.115. The molecule has 3 rings (SSSR count). The van der Waals surface area contributed by atoms with Gasteiger partial charge < -0.3 is 5.32 Å². The molecule has 0 saturated heterocycles. The minimum Gasteiger partial charge on any atom is -0.310 e. The molecule has 0 aliphatic heterocycles. The van der Waals surface area contributed by atoms with E-state index >= 15 is 0 Å². The smallest absolute Gasteiger partial charge is 0.271 e. The Morgan fingerprint density at radius 1 is 1.07 bits per heavy atom. The molecule has 2 N–H and O–H groups in total. The molecule has 0 spiro atoms. The number of hydrazone groups is 1. The second kappa shape index (κ2) is 8.42. The van der Waals surface area contributed by atoms with Crippen LogP contribution in [-0.4, -0.2) is 22.5 Å².